The van der Waals surface area contributed by atoms with Crippen LogP contribution in [0.1, 0.15) is 22.7 Å². The van der Waals surface area contributed by atoms with Gasteiger partial charge in [-0.05, 0) is 41.3 Å². The number of ether oxygens (including phenoxy) is 1. The molecule has 1 heterocycles. The lowest BCUT2D eigenvalue weighted by Gasteiger charge is -2.40. The number of carbonyl (C=O) groups is 2. The number of nitrogens with zero attached hydrogens (tertiary/aromatic N) is 2. The van der Waals surface area contributed by atoms with Gasteiger partial charge in [-0.2, -0.15) is 0 Å². The molecule has 4 rings (SSSR count). The molecule has 0 N–H and O–H groups in total. The molecule has 1 fully saturated rings. The molecule has 0 spiro atoms. The van der Waals surface area contributed by atoms with Crippen molar-refractivity contribution in [3.05, 3.63) is 101 Å². The fraction of sp³-hybridized carbons (Fsp3) is 0.231. The molecule has 1 aliphatic rings. The van der Waals surface area contributed by atoms with E-state index < -0.39 is 6.04 Å². The molecule has 0 unspecified atom stereocenters. The first kappa shape index (κ1) is 21.9. The summed E-state index contributed by atoms with van der Waals surface area (Å²) in [4.78, 5) is 30.1. The molecule has 164 valence electrons. The molecule has 3 aromatic carbocycles. The SMILES string of the molecule is COc1ccc([C@@H]2C(=O)N(CCc3ccccc3)CC(=O)N2Cc2ccccc2Cl)cc1. The van der Waals surface area contributed by atoms with Gasteiger partial charge >= 0.3 is 0 Å². The highest BCUT2D eigenvalue weighted by Gasteiger charge is 2.40. The number of amides is 2. The van der Waals surface area contributed by atoms with Crippen LogP contribution in [0.25, 0.3) is 0 Å². The summed E-state index contributed by atoms with van der Waals surface area (Å²) < 4.78 is 5.26. The Kier molecular flexibility index (Phi) is 6.76. The van der Waals surface area contributed by atoms with Crippen molar-refractivity contribution in [1.82, 2.24) is 9.80 Å². The molecule has 32 heavy (non-hydrogen) atoms. The monoisotopic (exact) mass is 448 g/mol. The van der Waals surface area contributed by atoms with E-state index in [1.54, 1.807) is 23.0 Å². The first-order chi connectivity index (χ1) is 15.6. The zero-order valence-electron chi connectivity index (χ0n) is 17.9. The average Bonchev–Trinajstić information content (AvgIpc) is 2.82. The minimum Gasteiger partial charge on any atom is -0.497 e. The lowest BCUT2D eigenvalue weighted by molar-refractivity contribution is -0.157. The molecule has 0 aromatic heterocycles. The predicted molar refractivity (Wildman–Crippen MR) is 124 cm³/mol. The topological polar surface area (TPSA) is 49.9 Å². The van der Waals surface area contributed by atoms with Crippen molar-refractivity contribution in [3.8, 4) is 5.75 Å². The Morgan fingerprint density at radius 2 is 1.62 bits per heavy atom. The van der Waals surface area contributed by atoms with E-state index in [-0.39, 0.29) is 24.9 Å². The maximum atomic E-state index is 13.6. The minimum atomic E-state index is -0.714. The molecule has 3 aromatic rings. The van der Waals surface area contributed by atoms with Crippen molar-refractivity contribution >= 4 is 23.4 Å². The van der Waals surface area contributed by atoms with Gasteiger partial charge in [-0.1, -0.05) is 72.3 Å². The third kappa shape index (κ3) is 4.78. The fourth-order valence-electron chi connectivity index (χ4n) is 3.98. The average molecular weight is 449 g/mol. The Balaban J connectivity index is 1.62. The number of benzene rings is 3. The highest BCUT2D eigenvalue weighted by Crippen LogP contribution is 2.31. The summed E-state index contributed by atoms with van der Waals surface area (Å²) in [6, 6.07) is 24.0. The van der Waals surface area contributed by atoms with Crippen molar-refractivity contribution in [3.63, 3.8) is 0 Å². The fourth-order valence-corrected chi connectivity index (χ4v) is 4.17. The van der Waals surface area contributed by atoms with Gasteiger partial charge in [-0.15, -0.1) is 0 Å². The van der Waals surface area contributed by atoms with Crippen LogP contribution in [0.3, 0.4) is 0 Å². The molecular weight excluding hydrogens is 424 g/mol. The second-order valence-electron chi connectivity index (χ2n) is 7.78. The second-order valence-corrected chi connectivity index (χ2v) is 8.19. The number of rotatable bonds is 7. The Hall–Kier alpha value is -3.31. The van der Waals surface area contributed by atoms with Crippen molar-refractivity contribution in [2.75, 3.05) is 20.2 Å². The Morgan fingerprint density at radius 1 is 0.938 bits per heavy atom. The van der Waals surface area contributed by atoms with Gasteiger partial charge in [-0.25, -0.2) is 0 Å². The Labute approximate surface area is 193 Å². The van der Waals surface area contributed by atoms with Crippen molar-refractivity contribution < 1.29 is 14.3 Å². The van der Waals surface area contributed by atoms with Crippen LogP contribution in [0, 0.1) is 0 Å². The number of halogens is 1. The van der Waals surface area contributed by atoms with Gasteiger partial charge in [-0.3, -0.25) is 9.59 Å². The first-order valence-electron chi connectivity index (χ1n) is 10.6. The summed E-state index contributed by atoms with van der Waals surface area (Å²) in [5.74, 6) is 0.512. The zero-order valence-corrected chi connectivity index (χ0v) is 18.7. The van der Waals surface area contributed by atoms with Gasteiger partial charge in [0.2, 0.25) is 5.91 Å². The summed E-state index contributed by atoms with van der Waals surface area (Å²) in [7, 11) is 1.60. The van der Waals surface area contributed by atoms with Gasteiger partial charge < -0.3 is 14.5 Å². The summed E-state index contributed by atoms with van der Waals surface area (Å²) >= 11 is 6.36. The van der Waals surface area contributed by atoms with E-state index in [0.717, 1.165) is 16.7 Å². The molecule has 6 heteroatoms. The molecule has 1 atom stereocenters. The van der Waals surface area contributed by atoms with Crippen LogP contribution in [0.2, 0.25) is 5.02 Å². The lowest BCUT2D eigenvalue weighted by atomic mass is 9.99. The van der Waals surface area contributed by atoms with Gasteiger partial charge in [0.15, 0.2) is 0 Å². The molecule has 5 nitrogen and oxygen atoms in total. The number of carbonyl (C=O) groups excluding carboxylic acids is 2. The predicted octanol–water partition coefficient (Wildman–Crippen LogP) is 4.50. The third-order valence-electron chi connectivity index (χ3n) is 5.75. The van der Waals surface area contributed by atoms with Crippen LogP contribution in [-0.2, 0) is 22.6 Å². The minimum absolute atomic E-state index is 0.0583. The summed E-state index contributed by atoms with van der Waals surface area (Å²) in [6.07, 6.45) is 0.694. The molecule has 1 aliphatic heterocycles. The van der Waals surface area contributed by atoms with E-state index in [1.807, 2.05) is 72.8 Å². The van der Waals surface area contributed by atoms with E-state index in [0.29, 0.717) is 23.7 Å². The highest BCUT2D eigenvalue weighted by molar-refractivity contribution is 6.31. The molecule has 0 aliphatic carbocycles. The lowest BCUT2D eigenvalue weighted by Crippen LogP contribution is -2.55. The number of piperazine rings is 1. The normalized spacial score (nSPS) is 16.4. The van der Waals surface area contributed by atoms with E-state index in [1.165, 1.54) is 0 Å². The van der Waals surface area contributed by atoms with Crippen LogP contribution in [-0.4, -0.2) is 41.8 Å². The highest BCUT2D eigenvalue weighted by atomic mass is 35.5. The molecule has 0 bridgehead atoms. The Bertz CT molecular complexity index is 1090. The van der Waals surface area contributed by atoms with Crippen LogP contribution in [0.15, 0.2) is 78.9 Å². The van der Waals surface area contributed by atoms with Crippen molar-refractivity contribution in [1.29, 1.82) is 0 Å². The van der Waals surface area contributed by atoms with Crippen molar-refractivity contribution in [2.24, 2.45) is 0 Å². The van der Waals surface area contributed by atoms with Crippen LogP contribution in [0.4, 0.5) is 0 Å². The van der Waals surface area contributed by atoms with E-state index in [9.17, 15) is 9.59 Å². The van der Waals surface area contributed by atoms with Gasteiger partial charge in [0, 0.05) is 18.1 Å². The number of methoxy groups -OCH3 is 1. The van der Waals surface area contributed by atoms with E-state index in [2.05, 4.69) is 0 Å². The Morgan fingerprint density at radius 3 is 2.31 bits per heavy atom. The molecule has 0 saturated carbocycles. The van der Waals surface area contributed by atoms with Gasteiger partial charge in [0.25, 0.3) is 5.91 Å². The van der Waals surface area contributed by atoms with E-state index in [4.69, 9.17) is 16.3 Å². The quantitative estimate of drug-likeness (QED) is 0.534. The summed E-state index contributed by atoms with van der Waals surface area (Å²) in [6.45, 7) is 0.817. The maximum Gasteiger partial charge on any atom is 0.250 e. The van der Waals surface area contributed by atoms with Crippen LogP contribution in [0.5, 0.6) is 5.75 Å². The number of hydrogen-bond donors (Lipinski definition) is 0. The van der Waals surface area contributed by atoms with Crippen molar-refractivity contribution in [2.45, 2.75) is 19.0 Å². The van der Waals surface area contributed by atoms with Gasteiger partial charge in [0.05, 0.1) is 13.7 Å². The summed E-state index contributed by atoms with van der Waals surface area (Å²) in [5, 5.41) is 0.577. The first-order valence-corrected chi connectivity index (χ1v) is 10.9. The third-order valence-corrected chi connectivity index (χ3v) is 6.12. The van der Waals surface area contributed by atoms with E-state index >= 15 is 0 Å². The molecule has 1 saturated heterocycles. The number of hydrogen-bond acceptors (Lipinski definition) is 3. The molecule has 0 radical (unpaired) electrons. The largest absolute Gasteiger partial charge is 0.497 e. The van der Waals surface area contributed by atoms with Gasteiger partial charge in [0.1, 0.15) is 11.8 Å². The van der Waals surface area contributed by atoms with Crippen LogP contribution >= 0.6 is 11.6 Å². The standard InChI is InChI=1S/C26H25ClN2O3/c1-32-22-13-11-20(12-14-22)25-26(31)28(16-15-19-7-3-2-4-8-19)18-24(30)29(25)17-21-9-5-6-10-23(21)27/h2-14,25H,15-18H2,1H3/t25-/m1/s1. The second kappa shape index (κ2) is 9.88. The maximum absolute atomic E-state index is 13.6. The smallest absolute Gasteiger partial charge is 0.250 e. The summed E-state index contributed by atoms with van der Waals surface area (Å²) in [5.41, 5.74) is 2.69. The molecular formula is C26H25ClN2O3. The molecule has 2 amide bonds. The zero-order chi connectivity index (χ0) is 22.5. The van der Waals surface area contributed by atoms with Crippen LogP contribution < -0.4 is 4.74 Å².